The second kappa shape index (κ2) is 8.87. The van der Waals surface area contributed by atoms with E-state index in [2.05, 4.69) is 9.71 Å². The van der Waals surface area contributed by atoms with Crippen LogP contribution in [0.5, 0.6) is 0 Å². The van der Waals surface area contributed by atoms with E-state index >= 15 is 0 Å². The number of aryl methyl sites for hydroxylation is 3. The van der Waals surface area contributed by atoms with Gasteiger partial charge in [-0.05, 0) is 62.2 Å². The Balaban J connectivity index is 1.82. The molecule has 3 aromatic carbocycles. The van der Waals surface area contributed by atoms with Crippen molar-refractivity contribution in [1.29, 1.82) is 0 Å². The number of nitrogens with zero attached hydrogens (tertiary/aromatic N) is 2. The summed E-state index contributed by atoms with van der Waals surface area (Å²) in [5.41, 5.74) is 4.08. The normalized spacial score (nSPS) is 11.6. The Morgan fingerprint density at radius 1 is 1.00 bits per heavy atom. The first-order valence-corrected chi connectivity index (χ1v) is 11.1. The van der Waals surface area contributed by atoms with Gasteiger partial charge < -0.3 is 0 Å². The van der Waals surface area contributed by atoms with Crippen LogP contribution in [0.4, 0.5) is 17.1 Å². The number of hydrogen-bond donors (Lipinski definition) is 1. The van der Waals surface area contributed by atoms with Gasteiger partial charge in [-0.25, -0.2) is 8.42 Å². The van der Waals surface area contributed by atoms with E-state index in [0.29, 0.717) is 22.0 Å². The molecule has 3 rings (SSSR count). The number of nitro groups is 1. The van der Waals surface area contributed by atoms with E-state index in [-0.39, 0.29) is 10.6 Å². The predicted molar refractivity (Wildman–Crippen MR) is 123 cm³/mol. The van der Waals surface area contributed by atoms with E-state index in [1.165, 1.54) is 36.5 Å². The van der Waals surface area contributed by atoms with Crippen LogP contribution in [0.25, 0.3) is 0 Å². The highest BCUT2D eigenvalue weighted by atomic mass is 35.5. The highest BCUT2D eigenvalue weighted by Gasteiger charge is 2.17. The quantitative estimate of drug-likeness (QED) is 0.290. The Labute approximate surface area is 185 Å². The number of rotatable bonds is 6. The van der Waals surface area contributed by atoms with Crippen molar-refractivity contribution in [2.75, 3.05) is 4.72 Å². The highest BCUT2D eigenvalue weighted by Crippen LogP contribution is 2.26. The zero-order valence-corrected chi connectivity index (χ0v) is 18.7. The number of anilines is 1. The van der Waals surface area contributed by atoms with Crippen LogP contribution in [0, 0.1) is 30.9 Å². The average molecular weight is 458 g/mol. The minimum Gasteiger partial charge on any atom is -0.279 e. The summed E-state index contributed by atoms with van der Waals surface area (Å²) in [4.78, 5) is 14.7. The Kier molecular flexibility index (Phi) is 6.42. The summed E-state index contributed by atoms with van der Waals surface area (Å²) < 4.78 is 28.2. The molecule has 0 aliphatic heterocycles. The van der Waals surface area contributed by atoms with E-state index in [4.69, 9.17) is 11.6 Å². The molecule has 0 heterocycles. The second-order valence-corrected chi connectivity index (χ2v) is 9.18. The zero-order chi connectivity index (χ0) is 22.8. The Morgan fingerprint density at radius 2 is 1.61 bits per heavy atom. The van der Waals surface area contributed by atoms with Gasteiger partial charge in [0.25, 0.3) is 15.7 Å². The molecule has 9 heteroatoms. The van der Waals surface area contributed by atoms with E-state index in [0.717, 1.165) is 16.7 Å². The molecule has 3 aromatic rings. The zero-order valence-electron chi connectivity index (χ0n) is 17.1. The molecule has 0 saturated heterocycles. The minimum absolute atomic E-state index is 0.0965. The summed E-state index contributed by atoms with van der Waals surface area (Å²) in [6.45, 7) is 5.67. The Morgan fingerprint density at radius 3 is 2.19 bits per heavy atom. The number of hydrogen-bond acceptors (Lipinski definition) is 5. The molecular formula is C22H20ClN3O4S. The first-order chi connectivity index (χ1) is 14.6. The summed E-state index contributed by atoms with van der Waals surface area (Å²) >= 11 is 6.06. The lowest BCUT2D eigenvalue weighted by atomic mass is 10.1. The average Bonchev–Trinajstić information content (AvgIpc) is 2.70. The van der Waals surface area contributed by atoms with Crippen molar-refractivity contribution in [2.24, 2.45) is 4.99 Å². The lowest BCUT2D eigenvalue weighted by Crippen LogP contribution is -2.14. The molecule has 0 amide bonds. The van der Waals surface area contributed by atoms with Crippen LogP contribution >= 0.6 is 11.6 Å². The number of sulfonamides is 1. The van der Waals surface area contributed by atoms with Crippen LogP contribution in [0.15, 0.2) is 64.5 Å². The maximum atomic E-state index is 12.8. The molecule has 1 N–H and O–H groups in total. The number of aliphatic imine (C=N–C) groups is 1. The minimum atomic E-state index is -3.77. The van der Waals surface area contributed by atoms with Gasteiger partial charge in [-0.3, -0.25) is 19.8 Å². The van der Waals surface area contributed by atoms with E-state index in [1.54, 1.807) is 12.1 Å². The number of non-ortho nitro benzene ring substituents is 1. The fraction of sp³-hybridized carbons (Fsp3) is 0.136. The molecule has 0 radical (unpaired) electrons. The first-order valence-electron chi connectivity index (χ1n) is 9.25. The van der Waals surface area contributed by atoms with Crippen molar-refractivity contribution in [1.82, 2.24) is 0 Å². The third-order valence-electron chi connectivity index (χ3n) is 4.60. The van der Waals surface area contributed by atoms with Crippen molar-refractivity contribution < 1.29 is 13.3 Å². The van der Waals surface area contributed by atoms with Crippen molar-refractivity contribution in [2.45, 2.75) is 25.7 Å². The van der Waals surface area contributed by atoms with Gasteiger partial charge in [0.2, 0.25) is 0 Å². The van der Waals surface area contributed by atoms with Crippen molar-refractivity contribution in [3.05, 3.63) is 92.0 Å². The van der Waals surface area contributed by atoms with Gasteiger partial charge in [-0.15, -0.1) is 0 Å². The van der Waals surface area contributed by atoms with Gasteiger partial charge >= 0.3 is 0 Å². The molecule has 7 nitrogen and oxygen atoms in total. The summed E-state index contributed by atoms with van der Waals surface area (Å²) in [6, 6.07) is 13.9. The van der Waals surface area contributed by atoms with Crippen LogP contribution in [0.1, 0.15) is 22.3 Å². The molecule has 0 aliphatic carbocycles. The van der Waals surface area contributed by atoms with E-state index in [1.807, 2.05) is 32.9 Å². The van der Waals surface area contributed by atoms with Gasteiger partial charge in [0.05, 0.1) is 21.2 Å². The summed E-state index contributed by atoms with van der Waals surface area (Å²) in [5.74, 6) is 0. The molecule has 160 valence electrons. The topological polar surface area (TPSA) is 102 Å². The number of halogens is 1. The molecule has 0 aromatic heterocycles. The molecule has 31 heavy (non-hydrogen) atoms. The van der Waals surface area contributed by atoms with Gasteiger partial charge in [0, 0.05) is 28.9 Å². The van der Waals surface area contributed by atoms with Crippen LogP contribution < -0.4 is 4.72 Å². The van der Waals surface area contributed by atoms with Gasteiger partial charge in [-0.2, -0.15) is 0 Å². The maximum Gasteiger partial charge on any atom is 0.270 e. The predicted octanol–water partition coefficient (Wildman–Crippen LogP) is 5.72. The number of benzene rings is 3. The standard InChI is InChI=1S/C22H20ClN3O4S/c1-14-10-15(2)22(16(3)11-14)25-31(29,30)20-7-4-18(5-8-20)24-13-17-12-19(26(27)28)6-9-21(17)23/h4-13,25H,1-3H3. The Hall–Kier alpha value is -3.23. The van der Waals surface area contributed by atoms with Crippen LogP contribution in [-0.2, 0) is 10.0 Å². The fourth-order valence-electron chi connectivity index (χ4n) is 3.13. The van der Waals surface area contributed by atoms with Gasteiger partial charge in [-0.1, -0.05) is 29.3 Å². The van der Waals surface area contributed by atoms with Crippen LogP contribution in [0.3, 0.4) is 0 Å². The van der Waals surface area contributed by atoms with Gasteiger partial charge in [0.15, 0.2) is 0 Å². The molecule has 0 spiro atoms. The highest BCUT2D eigenvalue weighted by molar-refractivity contribution is 7.92. The Bertz CT molecular complexity index is 1260. The molecule has 0 unspecified atom stereocenters. The molecule has 0 atom stereocenters. The smallest absolute Gasteiger partial charge is 0.270 e. The summed E-state index contributed by atoms with van der Waals surface area (Å²) in [5, 5.41) is 11.2. The second-order valence-electron chi connectivity index (χ2n) is 7.09. The third-order valence-corrected chi connectivity index (χ3v) is 6.31. The fourth-order valence-corrected chi connectivity index (χ4v) is 4.50. The monoisotopic (exact) mass is 457 g/mol. The SMILES string of the molecule is Cc1cc(C)c(NS(=O)(=O)c2ccc(N=Cc3cc([N+](=O)[O-])ccc3Cl)cc2)c(C)c1. The largest absolute Gasteiger partial charge is 0.279 e. The lowest BCUT2D eigenvalue weighted by Gasteiger charge is -2.14. The maximum absolute atomic E-state index is 12.8. The van der Waals surface area contributed by atoms with Crippen molar-refractivity contribution in [3.63, 3.8) is 0 Å². The van der Waals surface area contributed by atoms with E-state index < -0.39 is 14.9 Å². The van der Waals surface area contributed by atoms with E-state index in [9.17, 15) is 18.5 Å². The van der Waals surface area contributed by atoms with Crippen molar-refractivity contribution >= 4 is 44.9 Å². The van der Waals surface area contributed by atoms with Gasteiger partial charge in [0.1, 0.15) is 0 Å². The summed E-state index contributed by atoms with van der Waals surface area (Å²) in [7, 11) is -3.77. The summed E-state index contributed by atoms with van der Waals surface area (Å²) in [6.07, 6.45) is 1.40. The van der Waals surface area contributed by atoms with Crippen molar-refractivity contribution in [3.8, 4) is 0 Å². The molecule has 0 saturated carbocycles. The number of nitrogens with one attached hydrogen (secondary N) is 1. The molecule has 0 aliphatic rings. The third kappa shape index (κ3) is 5.28. The molecular weight excluding hydrogens is 438 g/mol. The molecule has 0 bridgehead atoms. The van der Waals surface area contributed by atoms with Crippen LogP contribution in [-0.4, -0.2) is 19.6 Å². The molecule has 0 fully saturated rings. The lowest BCUT2D eigenvalue weighted by molar-refractivity contribution is -0.384. The van der Waals surface area contributed by atoms with Crippen LogP contribution in [0.2, 0.25) is 5.02 Å². The first kappa shape index (κ1) is 22.5. The number of nitro benzene ring substituents is 1.